The lowest BCUT2D eigenvalue weighted by Gasteiger charge is -2.26. The summed E-state index contributed by atoms with van der Waals surface area (Å²) in [4.78, 5) is 18.2. The van der Waals surface area contributed by atoms with Crippen molar-refractivity contribution < 1.29 is 13.5 Å². The van der Waals surface area contributed by atoms with E-state index in [1.54, 1.807) is 40.6 Å². The molecule has 1 unspecified atom stereocenters. The number of sulfonamides is 1. The Morgan fingerprint density at radius 1 is 1.09 bits per heavy atom. The molecule has 0 bridgehead atoms. The van der Waals surface area contributed by atoms with Crippen molar-refractivity contribution in [1.29, 1.82) is 0 Å². The Morgan fingerprint density at radius 2 is 1.79 bits per heavy atom. The van der Waals surface area contributed by atoms with E-state index in [-0.39, 0.29) is 10.7 Å². The van der Waals surface area contributed by atoms with Gasteiger partial charge in [-0.05, 0) is 51.2 Å². The highest BCUT2D eigenvalue weighted by molar-refractivity contribution is 8.01. The van der Waals surface area contributed by atoms with Gasteiger partial charge in [-0.1, -0.05) is 43.4 Å². The van der Waals surface area contributed by atoms with Crippen molar-refractivity contribution in [2.45, 2.75) is 85.2 Å². The molecule has 2 aliphatic carbocycles. The quantitative estimate of drug-likeness (QED) is 0.459. The number of hydrogen-bond acceptors (Lipinski definition) is 7. The molecule has 2 N–H and O–H groups in total. The molecule has 1 saturated carbocycles. The van der Waals surface area contributed by atoms with E-state index in [0.29, 0.717) is 23.8 Å². The van der Waals surface area contributed by atoms with Crippen LogP contribution in [0.3, 0.4) is 0 Å². The summed E-state index contributed by atoms with van der Waals surface area (Å²) >= 11 is 3.20. The molecule has 182 valence electrons. The highest BCUT2D eigenvalue weighted by Gasteiger charge is 2.33. The van der Waals surface area contributed by atoms with Crippen LogP contribution in [0, 0.1) is 6.92 Å². The lowest BCUT2D eigenvalue weighted by atomic mass is 10.00. The molecule has 0 saturated heterocycles. The molecule has 10 heteroatoms. The summed E-state index contributed by atoms with van der Waals surface area (Å²) in [5.41, 5.74) is 1.73. The van der Waals surface area contributed by atoms with Crippen LogP contribution in [0.25, 0.3) is 5.69 Å². The Kier molecular flexibility index (Phi) is 6.76. The molecule has 1 fully saturated rings. The van der Waals surface area contributed by atoms with Gasteiger partial charge in [0.25, 0.3) is 10.0 Å². The monoisotopic (exact) mass is 519 g/mol. The van der Waals surface area contributed by atoms with Gasteiger partial charge in [0.1, 0.15) is 5.69 Å². The van der Waals surface area contributed by atoms with Crippen molar-refractivity contribution in [3.63, 3.8) is 0 Å². The molecule has 1 atom stereocenters. The summed E-state index contributed by atoms with van der Waals surface area (Å²) in [7, 11) is -3.91. The zero-order valence-corrected chi connectivity index (χ0v) is 21.6. The number of fused-ring (bicyclic) bond motifs is 3. The smallest absolute Gasteiger partial charge is 0.354 e. The number of aliphatic hydroxyl groups excluding tert-OH is 1. The second-order valence-corrected chi connectivity index (χ2v) is 13.5. The maximum Gasteiger partial charge on any atom is 0.354 e. The van der Waals surface area contributed by atoms with Gasteiger partial charge in [0.15, 0.2) is 5.82 Å². The fourth-order valence-electron chi connectivity index (χ4n) is 4.81. The number of aryl methyl sites for hydroxylation is 1. The van der Waals surface area contributed by atoms with Crippen LogP contribution in [0.5, 0.6) is 0 Å². The number of anilines is 1. The van der Waals surface area contributed by atoms with Crippen LogP contribution in [0.4, 0.5) is 5.82 Å². The maximum atomic E-state index is 13.1. The van der Waals surface area contributed by atoms with Gasteiger partial charge in [0.05, 0.1) is 20.1 Å². The Bertz CT molecular complexity index is 1310. The summed E-state index contributed by atoms with van der Waals surface area (Å²) in [6.45, 7) is 1.90. The molecule has 0 amide bonds. The number of benzene rings is 1. The van der Waals surface area contributed by atoms with Crippen molar-refractivity contribution in [3.8, 4) is 5.69 Å². The largest absolute Gasteiger partial charge is 0.388 e. The fraction of sp³-hybridized carbons (Fsp3) is 0.500. The molecular weight excluding hydrogens is 490 g/mol. The summed E-state index contributed by atoms with van der Waals surface area (Å²) in [5.74, 6) is 0.0702. The maximum absolute atomic E-state index is 13.1. The van der Waals surface area contributed by atoms with Crippen LogP contribution < -0.4 is 10.4 Å². The first-order valence-corrected chi connectivity index (χ1v) is 15.0. The minimum absolute atomic E-state index is 0.0702. The third-order valence-corrected chi connectivity index (χ3v) is 10.8. The van der Waals surface area contributed by atoms with Gasteiger partial charge < -0.3 is 5.11 Å². The Balaban J connectivity index is 1.61. The van der Waals surface area contributed by atoms with E-state index < -0.39 is 21.8 Å². The molecule has 7 nitrogen and oxygen atoms in total. The third-order valence-electron chi connectivity index (χ3n) is 6.63. The van der Waals surface area contributed by atoms with Gasteiger partial charge >= 0.3 is 5.69 Å². The molecule has 1 aromatic rings. The fourth-order valence-corrected chi connectivity index (χ4v) is 8.91. The van der Waals surface area contributed by atoms with Crippen molar-refractivity contribution >= 4 is 38.9 Å². The lowest BCUT2D eigenvalue weighted by Crippen LogP contribution is -2.23. The minimum atomic E-state index is -3.91. The molecular formula is C24H29N3O4S3. The summed E-state index contributed by atoms with van der Waals surface area (Å²) < 4.78 is 31.3. The van der Waals surface area contributed by atoms with E-state index in [1.807, 2.05) is 6.92 Å². The summed E-state index contributed by atoms with van der Waals surface area (Å²) in [6, 6.07) is 6.59. The van der Waals surface area contributed by atoms with Gasteiger partial charge in [-0.25, -0.2) is 13.2 Å². The average molecular weight is 520 g/mol. The standard InChI is InChI=1S/C24H29N3O4S3/c1-15-11-13-17(14-12-15)34(30,31)26-22-20-23(32-16-7-4-2-3-5-8-16)33-21-18(9-6-10-19(21)28)27(20)24(29)25-22/h11-14,16,19,28H,2-10H2,1H3,(H,25,26,29). The zero-order valence-electron chi connectivity index (χ0n) is 19.1. The first-order valence-electron chi connectivity index (χ1n) is 11.9. The van der Waals surface area contributed by atoms with Crippen molar-refractivity contribution in [3.05, 3.63) is 50.9 Å². The van der Waals surface area contributed by atoms with E-state index in [2.05, 4.69) is 9.71 Å². The zero-order chi connectivity index (χ0) is 23.9. The Morgan fingerprint density at radius 3 is 2.50 bits per heavy atom. The molecule has 2 heterocycles. The SMILES string of the molecule is Cc1ccc(S(=O)(=O)Nc2nc(=O)n3c4c(sc(SC5CCCCCC5)c2-3)C(O)CCC4)cc1. The Hall–Kier alpha value is -1.88. The molecule has 0 aromatic heterocycles. The molecule has 0 spiro atoms. The van der Waals surface area contributed by atoms with E-state index in [4.69, 9.17) is 0 Å². The van der Waals surface area contributed by atoms with Crippen molar-refractivity contribution in [2.24, 2.45) is 0 Å². The number of nitrogens with one attached hydrogen (secondary N) is 1. The van der Waals surface area contributed by atoms with Crippen molar-refractivity contribution in [1.82, 2.24) is 9.55 Å². The van der Waals surface area contributed by atoms with Crippen molar-refractivity contribution in [2.75, 3.05) is 4.72 Å². The lowest BCUT2D eigenvalue weighted by molar-refractivity contribution is 0.159. The number of rotatable bonds is 5. The van der Waals surface area contributed by atoms with Gasteiger partial charge in [-0.2, -0.15) is 4.98 Å². The van der Waals surface area contributed by atoms with E-state index in [0.717, 1.165) is 39.6 Å². The number of nitrogens with zero attached hydrogens (tertiary/aromatic N) is 2. The number of aromatic nitrogens is 2. The molecule has 4 aliphatic rings. The van der Waals surface area contributed by atoms with Crippen LogP contribution in [0.2, 0.25) is 0 Å². The highest BCUT2D eigenvalue weighted by Crippen LogP contribution is 2.46. The second-order valence-electron chi connectivity index (χ2n) is 9.19. The van der Waals surface area contributed by atoms with Crippen LogP contribution >= 0.6 is 23.1 Å². The number of imidazole rings is 1. The second kappa shape index (κ2) is 9.64. The summed E-state index contributed by atoms with van der Waals surface area (Å²) in [5, 5.41) is 11.1. The average Bonchev–Trinajstić information content (AvgIpc) is 2.96. The summed E-state index contributed by atoms with van der Waals surface area (Å²) in [6.07, 6.45) is 8.47. The number of hydrogen-bond donors (Lipinski definition) is 2. The van der Waals surface area contributed by atoms with Gasteiger partial charge in [0, 0.05) is 10.9 Å². The van der Waals surface area contributed by atoms with E-state index in [1.165, 1.54) is 37.0 Å². The van der Waals surface area contributed by atoms with Crippen LogP contribution in [0.15, 0.2) is 38.2 Å². The normalized spacial score (nSPS) is 19.6. The van der Waals surface area contributed by atoms with Gasteiger partial charge in [-0.3, -0.25) is 9.29 Å². The molecule has 34 heavy (non-hydrogen) atoms. The van der Waals surface area contributed by atoms with Gasteiger partial charge in [-0.15, -0.1) is 23.1 Å². The van der Waals surface area contributed by atoms with Crippen LogP contribution in [0.1, 0.15) is 73.6 Å². The predicted octanol–water partition coefficient (Wildman–Crippen LogP) is 5.03. The topological polar surface area (TPSA) is 101 Å². The highest BCUT2D eigenvalue weighted by atomic mass is 32.2. The molecule has 0 radical (unpaired) electrons. The molecule has 5 rings (SSSR count). The first-order chi connectivity index (χ1) is 16.3. The Labute approximate surface area is 208 Å². The number of thioether (sulfide) groups is 1. The minimum Gasteiger partial charge on any atom is -0.388 e. The first kappa shape index (κ1) is 23.8. The van der Waals surface area contributed by atoms with Crippen LogP contribution in [-0.2, 0) is 16.4 Å². The molecule has 1 aromatic carbocycles. The number of aliphatic hydroxyl groups is 1. The third kappa shape index (κ3) is 4.65. The van der Waals surface area contributed by atoms with E-state index >= 15 is 0 Å². The van der Waals surface area contributed by atoms with Gasteiger partial charge in [0.2, 0.25) is 0 Å². The predicted molar refractivity (Wildman–Crippen MR) is 136 cm³/mol. The van der Waals surface area contributed by atoms with E-state index in [9.17, 15) is 18.3 Å². The molecule has 2 aliphatic heterocycles. The van der Waals surface area contributed by atoms with Crippen LogP contribution in [-0.4, -0.2) is 28.3 Å².